The third-order valence-corrected chi connectivity index (χ3v) is 3.52. The van der Waals surface area contributed by atoms with Crippen molar-refractivity contribution in [2.45, 2.75) is 38.5 Å². The molecule has 0 aliphatic carbocycles. The fourth-order valence-corrected chi connectivity index (χ4v) is 2.50. The summed E-state index contributed by atoms with van der Waals surface area (Å²) in [5.41, 5.74) is 0. The topological polar surface area (TPSA) is 12.5 Å². The van der Waals surface area contributed by atoms with E-state index in [0.29, 0.717) is 0 Å². The van der Waals surface area contributed by atoms with Gasteiger partial charge in [-0.2, -0.15) is 0 Å². The SMILES string of the molecule is CN(CCCCCCCl)CC1CCCOC1. The Kier molecular flexibility index (Phi) is 8.26. The van der Waals surface area contributed by atoms with Crippen molar-refractivity contribution in [2.75, 3.05) is 39.2 Å². The number of hydrogen-bond donors (Lipinski definition) is 0. The molecule has 1 saturated heterocycles. The van der Waals surface area contributed by atoms with Crippen LogP contribution < -0.4 is 0 Å². The molecule has 1 aliphatic heterocycles. The van der Waals surface area contributed by atoms with Gasteiger partial charge in [-0.05, 0) is 45.2 Å². The van der Waals surface area contributed by atoms with Gasteiger partial charge >= 0.3 is 0 Å². The average molecular weight is 248 g/mol. The van der Waals surface area contributed by atoms with E-state index in [9.17, 15) is 0 Å². The van der Waals surface area contributed by atoms with Crippen LogP contribution in [0.3, 0.4) is 0 Å². The molecule has 2 nitrogen and oxygen atoms in total. The summed E-state index contributed by atoms with van der Waals surface area (Å²) in [6, 6.07) is 0. The van der Waals surface area contributed by atoms with Crippen LogP contribution in [0.15, 0.2) is 0 Å². The third kappa shape index (κ3) is 6.72. The van der Waals surface area contributed by atoms with Gasteiger partial charge < -0.3 is 9.64 Å². The molecule has 1 aliphatic rings. The summed E-state index contributed by atoms with van der Waals surface area (Å²) in [6.45, 7) is 4.36. The normalized spacial score (nSPS) is 21.6. The van der Waals surface area contributed by atoms with Gasteiger partial charge in [0.1, 0.15) is 0 Å². The maximum Gasteiger partial charge on any atom is 0.0506 e. The number of halogens is 1. The molecule has 1 fully saturated rings. The number of rotatable bonds is 8. The van der Waals surface area contributed by atoms with Crippen LogP contribution in [-0.4, -0.2) is 44.1 Å². The fraction of sp³-hybridized carbons (Fsp3) is 1.00. The van der Waals surface area contributed by atoms with Gasteiger partial charge in [0.2, 0.25) is 0 Å². The van der Waals surface area contributed by atoms with E-state index in [1.165, 1.54) is 51.6 Å². The molecule has 96 valence electrons. The highest BCUT2D eigenvalue weighted by atomic mass is 35.5. The van der Waals surface area contributed by atoms with Gasteiger partial charge in [0.15, 0.2) is 0 Å². The van der Waals surface area contributed by atoms with Gasteiger partial charge in [0.05, 0.1) is 6.61 Å². The molecule has 0 saturated carbocycles. The number of unbranched alkanes of at least 4 members (excludes halogenated alkanes) is 3. The summed E-state index contributed by atoms with van der Waals surface area (Å²) in [4.78, 5) is 2.46. The van der Waals surface area contributed by atoms with E-state index in [1.807, 2.05) is 0 Å². The predicted molar refractivity (Wildman–Crippen MR) is 70.2 cm³/mol. The molecular formula is C13H26ClNO. The zero-order chi connectivity index (χ0) is 11.6. The lowest BCUT2D eigenvalue weighted by Gasteiger charge is -2.27. The summed E-state index contributed by atoms with van der Waals surface area (Å²) in [5, 5.41) is 0. The molecule has 0 bridgehead atoms. The number of ether oxygens (including phenoxy) is 1. The van der Waals surface area contributed by atoms with Crippen LogP contribution >= 0.6 is 11.6 Å². The van der Waals surface area contributed by atoms with Gasteiger partial charge in [0.25, 0.3) is 0 Å². The van der Waals surface area contributed by atoms with E-state index in [2.05, 4.69) is 11.9 Å². The van der Waals surface area contributed by atoms with Crippen molar-refractivity contribution < 1.29 is 4.74 Å². The number of alkyl halides is 1. The van der Waals surface area contributed by atoms with E-state index in [4.69, 9.17) is 16.3 Å². The minimum absolute atomic E-state index is 0.765. The lowest BCUT2D eigenvalue weighted by molar-refractivity contribution is 0.0419. The molecule has 0 aromatic heterocycles. The maximum atomic E-state index is 5.65. The highest BCUT2D eigenvalue weighted by Crippen LogP contribution is 2.14. The van der Waals surface area contributed by atoms with E-state index in [0.717, 1.165) is 25.0 Å². The molecule has 0 radical (unpaired) electrons. The molecule has 0 amide bonds. The molecule has 1 atom stereocenters. The van der Waals surface area contributed by atoms with E-state index in [1.54, 1.807) is 0 Å². The molecule has 16 heavy (non-hydrogen) atoms. The van der Waals surface area contributed by atoms with Crippen molar-refractivity contribution >= 4 is 11.6 Å². The van der Waals surface area contributed by atoms with Gasteiger partial charge in [-0.1, -0.05) is 12.8 Å². The summed E-state index contributed by atoms with van der Waals surface area (Å²) in [7, 11) is 2.23. The summed E-state index contributed by atoms with van der Waals surface area (Å²) >= 11 is 5.65. The van der Waals surface area contributed by atoms with Crippen molar-refractivity contribution in [1.29, 1.82) is 0 Å². The van der Waals surface area contributed by atoms with E-state index in [-0.39, 0.29) is 0 Å². The fourth-order valence-electron chi connectivity index (χ4n) is 2.31. The molecule has 0 aromatic carbocycles. The standard InChI is InChI=1S/C13H26ClNO/c1-15(9-5-3-2-4-8-14)11-13-7-6-10-16-12-13/h13H,2-12H2,1H3. The molecule has 1 unspecified atom stereocenters. The monoisotopic (exact) mass is 247 g/mol. The van der Waals surface area contributed by atoms with Crippen molar-refractivity contribution in [3.63, 3.8) is 0 Å². The van der Waals surface area contributed by atoms with Crippen molar-refractivity contribution in [3.05, 3.63) is 0 Å². The Hall–Kier alpha value is 0.210. The highest BCUT2D eigenvalue weighted by Gasteiger charge is 2.15. The largest absolute Gasteiger partial charge is 0.381 e. The first-order valence-corrected chi connectivity index (χ1v) is 7.18. The number of nitrogens with zero attached hydrogens (tertiary/aromatic N) is 1. The molecule has 0 N–H and O–H groups in total. The first-order chi connectivity index (χ1) is 7.83. The summed E-state index contributed by atoms with van der Waals surface area (Å²) in [6.07, 6.45) is 7.66. The minimum Gasteiger partial charge on any atom is -0.381 e. The first-order valence-electron chi connectivity index (χ1n) is 6.65. The van der Waals surface area contributed by atoms with Crippen LogP contribution in [0.25, 0.3) is 0 Å². The van der Waals surface area contributed by atoms with Gasteiger partial charge in [-0.25, -0.2) is 0 Å². The van der Waals surface area contributed by atoms with Crippen LogP contribution in [0.4, 0.5) is 0 Å². The molecule has 1 rings (SSSR count). The Morgan fingerprint density at radius 3 is 2.75 bits per heavy atom. The van der Waals surface area contributed by atoms with Crippen molar-refractivity contribution in [2.24, 2.45) is 5.92 Å². The molecule has 3 heteroatoms. The second kappa shape index (κ2) is 9.26. The van der Waals surface area contributed by atoms with Crippen molar-refractivity contribution in [1.82, 2.24) is 4.90 Å². The van der Waals surface area contributed by atoms with Gasteiger partial charge in [-0.3, -0.25) is 0 Å². The minimum atomic E-state index is 0.765. The Labute approximate surface area is 105 Å². The van der Waals surface area contributed by atoms with Gasteiger partial charge in [0, 0.05) is 19.0 Å². The molecule has 1 heterocycles. The quantitative estimate of drug-likeness (QED) is 0.483. The predicted octanol–water partition coefficient (Wildman–Crippen LogP) is 3.14. The van der Waals surface area contributed by atoms with E-state index < -0.39 is 0 Å². The lowest BCUT2D eigenvalue weighted by atomic mass is 10.0. The average Bonchev–Trinajstić information content (AvgIpc) is 2.30. The first kappa shape index (κ1) is 14.3. The Morgan fingerprint density at radius 2 is 2.06 bits per heavy atom. The zero-order valence-electron chi connectivity index (χ0n) is 10.6. The second-order valence-electron chi connectivity index (χ2n) is 4.95. The maximum absolute atomic E-state index is 5.65. The number of hydrogen-bond acceptors (Lipinski definition) is 2. The van der Waals surface area contributed by atoms with Gasteiger partial charge in [-0.15, -0.1) is 11.6 Å². The van der Waals surface area contributed by atoms with E-state index >= 15 is 0 Å². The smallest absolute Gasteiger partial charge is 0.0506 e. The van der Waals surface area contributed by atoms with Crippen LogP contribution in [-0.2, 0) is 4.74 Å². The van der Waals surface area contributed by atoms with Crippen LogP contribution in [0.1, 0.15) is 38.5 Å². The van der Waals surface area contributed by atoms with Crippen LogP contribution in [0, 0.1) is 5.92 Å². The summed E-state index contributed by atoms with van der Waals surface area (Å²) < 4.78 is 5.50. The molecule has 0 aromatic rings. The highest BCUT2D eigenvalue weighted by molar-refractivity contribution is 6.17. The Morgan fingerprint density at radius 1 is 1.25 bits per heavy atom. The van der Waals surface area contributed by atoms with Crippen molar-refractivity contribution in [3.8, 4) is 0 Å². The molecule has 0 spiro atoms. The Bertz CT molecular complexity index is 160. The summed E-state index contributed by atoms with van der Waals surface area (Å²) in [5.74, 6) is 1.58. The zero-order valence-corrected chi connectivity index (χ0v) is 11.3. The van der Waals surface area contributed by atoms with Crippen LogP contribution in [0.2, 0.25) is 0 Å². The molecular weight excluding hydrogens is 222 g/mol. The second-order valence-corrected chi connectivity index (χ2v) is 5.33. The third-order valence-electron chi connectivity index (χ3n) is 3.25. The Balaban J connectivity index is 1.95. The van der Waals surface area contributed by atoms with Crippen LogP contribution in [0.5, 0.6) is 0 Å². The lowest BCUT2D eigenvalue weighted by Crippen LogP contribution is -2.31.